The average molecular weight is 438 g/mol. The lowest BCUT2D eigenvalue weighted by atomic mass is 9.81. The third-order valence-corrected chi connectivity index (χ3v) is 8.21. The molecule has 0 saturated carbocycles. The molecule has 0 bridgehead atoms. The lowest BCUT2D eigenvalue weighted by Crippen LogP contribution is -2.15. The summed E-state index contributed by atoms with van der Waals surface area (Å²) in [5.41, 5.74) is 10.3. The summed E-state index contributed by atoms with van der Waals surface area (Å²) >= 11 is 0. The number of phenolic OH excluding ortho intramolecular Hbond substituents is 1. The molecule has 0 fully saturated rings. The average Bonchev–Trinajstić information content (AvgIpc) is 3.39. The third kappa shape index (κ3) is 2.03. The molecule has 2 heteroatoms. The molecule has 2 aromatic heterocycles. The first-order chi connectivity index (χ1) is 16.4. The number of nitrogens with zero attached hydrogens (tertiary/aromatic N) is 1. The first-order valence-corrected chi connectivity index (χ1v) is 11.9. The molecule has 0 radical (unpaired) electrons. The van der Waals surface area contributed by atoms with Gasteiger partial charge in [-0.05, 0) is 76.3 Å². The van der Waals surface area contributed by atoms with Crippen LogP contribution in [0.25, 0.3) is 60.0 Å². The van der Waals surface area contributed by atoms with Gasteiger partial charge in [-0.2, -0.15) is 0 Å². The Balaban J connectivity index is 1.54. The van der Waals surface area contributed by atoms with E-state index in [-0.39, 0.29) is 5.41 Å². The minimum atomic E-state index is -0.0110. The number of hydrogen-bond acceptors (Lipinski definition) is 1. The second-order valence-corrected chi connectivity index (χ2v) is 10.5. The highest BCUT2D eigenvalue weighted by Crippen LogP contribution is 2.50. The number of aromatic nitrogens is 1. The van der Waals surface area contributed by atoms with Gasteiger partial charge in [-0.15, -0.1) is 0 Å². The number of aryl methyl sites for hydroxylation is 1. The molecule has 7 aromatic rings. The summed E-state index contributed by atoms with van der Waals surface area (Å²) < 4.78 is 2.34. The Bertz CT molecular complexity index is 2000. The largest absolute Gasteiger partial charge is 0.508 e. The van der Waals surface area contributed by atoms with Crippen LogP contribution in [0, 0.1) is 6.92 Å². The summed E-state index contributed by atoms with van der Waals surface area (Å²) in [6.45, 7) is 6.88. The van der Waals surface area contributed by atoms with Crippen LogP contribution in [0.3, 0.4) is 0 Å². The van der Waals surface area contributed by atoms with Crippen LogP contribution in [-0.4, -0.2) is 9.51 Å². The summed E-state index contributed by atoms with van der Waals surface area (Å²) in [5.74, 6) is 0.300. The van der Waals surface area contributed by atoms with E-state index in [4.69, 9.17) is 0 Å². The molecule has 34 heavy (non-hydrogen) atoms. The molecule has 2 nitrogen and oxygen atoms in total. The maximum absolute atomic E-state index is 10.3. The van der Waals surface area contributed by atoms with Crippen LogP contribution in [0.4, 0.5) is 0 Å². The summed E-state index contributed by atoms with van der Waals surface area (Å²) in [4.78, 5) is 0. The molecule has 8 rings (SSSR count). The molecule has 0 aliphatic heterocycles. The van der Waals surface area contributed by atoms with Gasteiger partial charge >= 0.3 is 0 Å². The van der Waals surface area contributed by atoms with Crippen molar-refractivity contribution in [1.82, 2.24) is 4.40 Å². The Morgan fingerprint density at radius 3 is 2.24 bits per heavy atom. The summed E-state index contributed by atoms with van der Waals surface area (Å²) in [5, 5.41) is 17.8. The zero-order chi connectivity index (χ0) is 22.9. The van der Waals surface area contributed by atoms with Crippen LogP contribution in [0.1, 0.15) is 30.5 Å². The summed E-state index contributed by atoms with van der Waals surface area (Å²) in [6.07, 6.45) is 0. The highest BCUT2D eigenvalue weighted by molar-refractivity contribution is 6.24. The molecule has 5 aromatic carbocycles. The van der Waals surface area contributed by atoms with Crippen molar-refractivity contribution in [2.24, 2.45) is 0 Å². The first kappa shape index (κ1) is 18.4. The highest BCUT2D eigenvalue weighted by Gasteiger charge is 2.35. The second kappa shape index (κ2) is 5.71. The van der Waals surface area contributed by atoms with E-state index in [1.807, 2.05) is 12.1 Å². The molecule has 1 N–H and O–H groups in total. The van der Waals surface area contributed by atoms with Gasteiger partial charge in [-0.1, -0.05) is 55.8 Å². The molecule has 1 aliphatic rings. The van der Waals surface area contributed by atoms with Crippen molar-refractivity contribution < 1.29 is 5.11 Å². The van der Waals surface area contributed by atoms with Gasteiger partial charge in [0.05, 0.1) is 16.6 Å². The van der Waals surface area contributed by atoms with Gasteiger partial charge in [0, 0.05) is 33.0 Å². The Morgan fingerprint density at radius 2 is 1.38 bits per heavy atom. The number of phenols is 1. The van der Waals surface area contributed by atoms with E-state index in [0.29, 0.717) is 5.75 Å². The van der Waals surface area contributed by atoms with Crippen LogP contribution >= 0.6 is 0 Å². The van der Waals surface area contributed by atoms with Crippen molar-refractivity contribution in [1.29, 1.82) is 0 Å². The standard InChI is InChI=1S/C32H23NO/c1-17-7-9-21-25-12-19-15-29-26(13-18(19)14-28(25)32(2,3)27(21)11-17)24-6-4-5-23-22-10-8-20(34)16-30(22)33(29)31(23)24/h4-16,34H,1-3H3. The number of aromatic hydroxyl groups is 1. The number of hydrogen-bond donors (Lipinski definition) is 1. The van der Waals surface area contributed by atoms with E-state index >= 15 is 0 Å². The predicted molar refractivity (Wildman–Crippen MR) is 143 cm³/mol. The van der Waals surface area contributed by atoms with Gasteiger partial charge in [0.25, 0.3) is 0 Å². The van der Waals surface area contributed by atoms with E-state index in [9.17, 15) is 5.11 Å². The van der Waals surface area contributed by atoms with Crippen LogP contribution in [0.2, 0.25) is 0 Å². The predicted octanol–water partition coefficient (Wildman–Crippen LogP) is 8.31. The van der Waals surface area contributed by atoms with E-state index in [1.54, 1.807) is 6.07 Å². The Labute approximate surface area is 197 Å². The zero-order valence-electron chi connectivity index (χ0n) is 19.4. The molecular formula is C32H23NO. The van der Waals surface area contributed by atoms with Gasteiger partial charge in [0.15, 0.2) is 0 Å². The second-order valence-electron chi connectivity index (χ2n) is 10.5. The van der Waals surface area contributed by atoms with Crippen LogP contribution in [0.15, 0.2) is 78.9 Å². The minimum absolute atomic E-state index is 0.0110. The topological polar surface area (TPSA) is 24.6 Å². The van der Waals surface area contributed by atoms with E-state index in [1.165, 1.54) is 71.2 Å². The number of fused-ring (bicyclic) bond motifs is 10. The lowest BCUT2D eigenvalue weighted by molar-refractivity contribution is 0.476. The fourth-order valence-electron chi connectivity index (χ4n) is 6.56. The van der Waals surface area contributed by atoms with Gasteiger partial charge < -0.3 is 9.51 Å². The fourth-order valence-corrected chi connectivity index (χ4v) is 6.56. The van der Waals surface area contributed by atoms with Crippen molar-refractivity contribution in [2.75, 3.05) is 0 Å². The number of para-hydroxylation sites is 1. The van der Waals surface area contributed by atoms with Gasteiger partial charge in [0.1, 0.15) is 5.75 Å². The van der Waals surface area contributed by atoms with Crippen molar-refractivity contribution in [3.63, 3.8) is 0 Å². The van der Waals surface area contributed by atoms with Gasteiger partial charge in [-0.25, -0.2) is 0 Å². The molecule has 0 unspecified atom stereocenters. The van der Waals surface area contributed by atoms with Crippen molar-refractivity contribution in [3.8, 4) is 16.9 Å². The summed E-state index contributed by atoms with van der Waals surface area (Å²) in [7, 11) is 0. The Morgan fingerprint density at radius 1 is 0.647 bits per heavy atom. The SMILES string of the molecule is Cc1ccc2c(c1)C(C)(C)c1cc3cc4c5cccc6c7ccc(O)cc7n(c4cc3cc1-2)c65. The molecule has 2 heterocycles. The molecule has 0 saturated heterocycles. The van der Waals surface area contributed by atoms with Crippen molar-refractivity contribution >= 4 is 48.9 Å². The molecule has 1 aliphatic carbocycles. The molecule has 0 spiro atoms. The quantitative estimate of drug-likeness (QED) is 0.253. The van der Waals surface area contributed by atoms with Gasteiger partial charge in [0.2, 0.25) is 0 Å². The molecular weight excluding hydrogens is 414 g/mol. The minimum Gasteiger partial charge on any atom is -0.508 e. The normalized spacial score (nSPS) is 14.7. The zero-order valence-corrected chi connectivity index (χ0v) is 19.4. The van der Waals surface area contributed by atoms with Crippen molar-refractivity contribution in [2.45, 2.75) is 26.2 Å². The molecule has 0 amide bonds. The Kier molecular flexibility index (Phi) is 3.09. The van der Waals surface area contributed by atoms with E-state index in [2.05, 4.69) is 85.8 Å². The third-order valence-electron chi connectivity index (χ3n) is 8.21. The van der Waals surface area contributed by atoms with Crippen LogP contribution in [0.5, 0.6) is 5.75 Å². The molecule has 162 valence electrons. The monoisotopic (exact) mass is 437 g/mol. The molecule has 0 atom stereocenters. The number of rotatable bonds is 0. The van der Waals surface area contributed by atoms with Crippen LogP contribution in [-0.2, 0) is 5.41 Å². The van der Waals surface area contributed by atoms with Crippen LogP contribution < -0.4 is 0 Å². The van der Waals surface area contributed by atoms with Gasteiger partial charge in [-0.3, -0.25) is 0 Å². The number of benzene rings is 5. The fraction of sp³-hybridized carbons (Fsp3) is 0.125. The Hall–Kier alpha value is -4.04. The van der Waals surface area contributed by atoms with E-state index in [0.717, 1.165) is 5.52 Å². The first-order valence-electron chi connectivity index (χ1n) is 11.9. The van der Waals surface area contributed by atoms with E-state index < -0.39 is 0 Å². The smallest absolute Gasteiger partial charge is 0.117 e. The van der Waals surface area contributed by atoms with Crippen molar-refractivity contribution in [3.05, 3.63) is 95.6 Å². The summed E-state index contributed by atoms with van der Waals surface area (Å²) in [6, 6.07) is 28.7. The highest BCUT2D eigenvalue weighted by atomic mass is 16.3. The maximum Gasteiger partial charge on any atom is 0.117 e. The lowest BCUT2D eigenvalue weighted by Gasteiger charge is -2.22. The maximum atomic E-state index is 10.3.